The Hall–Kier alpha value is -2.02. The third-order valence-corrected chi connectivity index (χ3v) is 5.44. The standard InChI is InChI=1S/C18H18Cl2N4OS/c1-12-3-6-14(11-16(12)20)21-18-24(17(25)22-26-18)10-9-23(2)15-7-4-13(19)5-8-15/h3-8,11H,9-10H2,1-2H3,(H,22,25)/b21-18-. The number of nitrogens with one attached hydrogen (secondary N) is 1. The Morgan fingerprint density at radius 2 is 1.92 bits per heavy atom. The highest BCUT2D eigenvalue weighted by Gasteiger charge is 2.06. The van der Waals surface area contributed by atoms with Crippen LogP contribution >= 0.6 is 34.7 Å². The molecule has 5 nitrogen and oxygen atoms in total. The average molecular weight is 409 g/mol. The molecule has 0 aliphatic rings. The van der Waals surface area contributed by atoms with E-state index in [4.69, 9.17) is 23.2 Å². The number of aromatic nitrogens is 2. The molecule has 8 heteroatoms. The second kappa shape index (κ2) is 8.12. The zero-order chi connectivity index (χ0) is 18.7. The number of H-pyrrole nitrogens is 1. The van der Waals surface area contributed by atoms with Gasteiger partial charge in [0.05, 0.1) is 5.69 Å². The van der Waals surface area contributed by atoms with Gasteiger partial charge in [-0.2, -0.15) is 0 Å². The quantitative estimate of drug-likeness (QED) is 0.686. The average Bonchev–Trinajstić information content (AvgIpc) is 2.96. The lowest BCUT2D eigenvalue weighted by molar-refractivity contribution is 0.641. The highest BCUT2D eigenvalue weighted by atomic mass is 35.5. The molecule has 2 aromatic carbocycles. The maximum Gasteiger partial charge on any atom is 0.337 e. The molecule has 1 N–H and O–H groups in total. The van der Waals surface area contributed by atoms with Gasteiger partial charge in [0.15, 0.2) is 0 Å². The van der Waals surface area contributed by atoms with Crippen LogP contribution in [0, 0.1) is 6.92 Å². The molecule has 0 bridgehead atoms. The molecule has 3 aromatic rings. The summed E-state index contributed by atoms with van der Waals surface area (Å²) in [6.07, 6.45) is 0. The van der Waals surface area contributed by atoms with Gasteiger partial charge in [-0.05, 0) is 60.4 Å². The van der Waals surface area contributed by atoms with Crippen molar-refractivity contribution in [3.05, 3.63) is 73.4 Å². The summed E-state index contributed by atoms with van der Waals surface area (Å²) < 4.78 is 4.37. The molecule has 0 spiro atoms. The predicted octanol–water partition coefficient (Wildman–Crippen LogP) is 4.22. The molecule has 1 aromatic heterocycles. The fourth-order valence-corrected chi connectivity index (χ4v) is 3.43. The van der Waals surface area contributed by atoms with E-state index in [1.165, 1.54) is 11.5 Å². The lowest BCUT2D eigenvalue weighted by Crippen LogP contribution is -2.32. The molecule has 0 unspecified atom stereocenters. The summed E-state index contributed by atoms with van der Waals surface area (Å²) in [6.45, 7) is 3.10. The molecule has 3 rings (SSSR count). The van der Waals surface area contributed by atoms with Gasteiger partial charge in [0.2, 0.25) is 4.80 Å². The maximum atomic E-state index is 12.1. The minimum Gasteiger partial charge on any atom is -0.373 e. The van der Waals surface area contributed by atoms with Gasteiger partial charge >= 0.3 is 5.69 Å². The molecular weight excluding hydrogens is 391 g/mol. The predicted molar refractivity (Wildman–Crippen MR) is 109 cm³/mol. The van der Waals surface area contributed by atoms with Crippen molar-refractivity contribution in [3.63, 3.8) is 0 Å². The molecule has 1 heterocycles. The largest absolute Gasteiger partial charge is 0.373 e. The van der Waals surface area contributed by atoms with E-state index in [9.17, 15) is 4.79 Å². The van der Waals surface area contributed by atoms with Gasteiger partial charge in [0, 0.05) is 35.9 Å². The van der Waals surface area contributed by atoms with E-state index >= 15 is 0 Å². The van der Waals surface area contributed by atoms with Crippen molar-refractivity contribution in [3.8, 4) is 0 Å². The van der Waals surface area contributed by atoms with E-state index in [-0.39, 0.29) is 5.69 Å². The summed E-state index contributed by atoms with van der Waals surface area (Å²) >= 11 is 13.3. The molecule has 0 amide bonds. The summed E-state index contributed by atoms with van der Waals surface area (Å²) in [5.74, 6) is 0. The maximum absolute atomic E-state index is 12.1. The van der Waals surface area contributed by atoms with Crippen molar-refractivity contribution in [2.24, 2.45) is 4.99 Å². The Kier molecular flexibility index (Phi) is 5.86. The van der Waals surface area contributed by atoms with E-state index < -0.39 is 0 Å². The van der Waals surface area contributed by atoms with Gasteiger partial charge < -0.3 is 4.90 Å². The topological polar surface area (TPSA) is 53.4 Å². The highest BCUT2D eigenvalue weighted by Crippen LogP contribution is 2.21. The van der Waals surface area contributed by atoms with Gasteiger partial charge in [-0.1, -0.05) is 29.3 Å². The van der Waals surface area contributed by atoms with E-state index in [0.29, 0.717) is 27.9 Å². The minimum atomic E-state index is -0.170. The summed E-state index contributed by atoms with van der Waals surface area (Å²) in [6, 6.07) is 13.2. The van der Waals surface area contributed by atoms with Crippen molar-refractivity contribution in [2.45, 2.75) is 13.5 Å². The third-order valence-electron chi connectivity index (χ3n) is 4.01. The summed E-state index contributed by atoms with van der Waals surface area (Å²) in [5, 5.41) is 1.35. The second-order valence-corrected chi connectivity index (χ2v) is 7.50. The number of aromatic amines is 1. The Morgan fingerprint density at radius 3 is 2.62 bits per heavy atom. The van der Waals surface area contributed by atoms with Gasteiger partial charge in [0.1, 0.15) is 0 Å². The zero-order valence-corrected chi connectivity index (χ0v) is 16.7. The van der Waals surface area contributed by atoms with Crippen LogP contribution in [-0.4, -0.2) is 22.5 Å². The Morgan fingerprint density at radius 1 is 1.19 bits per heavy atom. The lowest BCUT2D eigenvalue weighted by atomic mass is 10.2. The summed E-state index contributed by atoms with van der Waals surface area (Å²) in [7, 11) is 1.97. The molecule has 0 aliphatic carbocycles. The van der Waals surface area contributed by atoms with Crippen molar-refractivity contribution < 1.29 is 0 Å². The van der Waals surface area contributed by atoms with Crippen LogP contribution in [0.15, 0.2) is 52.3 Å². The van der Waals surface area contributed by atoms with Crippen molar-refractivity contribution in [2.75, 3.05) is 18.5 Å². The van der Waals surface area contributed by atoms with E-state index in [2.05, 4.69) is 14.3 Å². The van der Waals surface area contributed by atoms with Crippen LogP contribution in [0.3, 0.4) is 0 Å². The molecule has 0 saturated heterocycles. The van der Waals surface area contributed by atoms with Crippen molar-refractivity contribution >= 4 is 46.1 Å². The molecule has 136 valence electrons. The zero-order valence-electron chi connectivity index (χ0n) is 14.4. The molecule has 0 aliphatic heterocycles. The van der Waals surface area contributed by atoms with Crippen LogP contribution in [-0.2, 0) is 6.54 Å². The molecule has 0 atom stereocenters. The van der Waals surface area contributed by atoms with Crippen LogP contribution in [0.1, 0.15) is 5.56 Å². The normalized spacial score (nSPS) is 11.8. The van der Waals surface area contributed by atoms with E-state index in [1.54, 1.807) is 10.6 Å². The van der Waals surface area contributed by atoms with Crippen LogP contribution in [0.4, 0.5) is 11.4 Å². The molecule has 0 radical (unpaired) electrons. The van der Waals surface area contributed by atoms with Crippen LogP contribution in [0.2, 0.25) is 10.0 Å². The SMILES string of the molecule is Cc1ccc(/N=c2\s[nH]c(=O)n2CCN(C)c2ccc(Cl)cc2)cc1Cl. The Labute approximate surface area is 165 Å². The number of likely N-dealkylation sites (N-methyl/N-ethyl adjacent to an activating group) is 1. The van der Waals surface area contributed by atoms with Crippen LogP contribution < -0.4 is 15.4 Å². The van der Waals surface area contributed by atoms with E-state index in [1.807, 2.05) is 50.4 Å². The van der Waals surface area contributed by atoms with Crippen molar-refractivity contribution in [1.82, 2.24) is 8.94 Å². The molecule has 26 heavy (non-hydrogen) atoms. The Bertz CT molecular complexity index is 1020. The third kappa shape index (κ3) is 4.38. The second-order valence-electron chi connectivity index (χ2n) is 5.89. The van der Waals surface area contributed by atoms with Crippen LogP contribution in [0.5, 0.6) is 0 Å². The number of nitrogens with zero attached hydrogens (tertiary/aromatic N) is 3. The highest BCUT2D eigenvalue weighted by molar-refractivity contribution is 7.02. The monoisotopic (exact) mass is 408 g/mol. The van der Waals surface area contributed by atoms with E-state index in [0.717, 1.165) is 16.9 Å². The smallest absolute Gasteiger partial charge is 0.337 e. The number of aryl methyl sites for hydroxylation is 1. The lowest BCUT2D eigenvalue weighted by Gasteiger charge is -2.19. The van der Waals surface area contributed by atoms with Crippen molar-refractivity contribution in [1.29, 1.82) is 0 Å². The number of rotatable bonds is 5. The summed E-state index contributed by atoms with van der Waals surface area (Å²) in [4.78, 5) is 19.4. The molecule has 0 fully saturated rings. The van der Waals surface area contributed by atoms with Gasteiger partial charge in [-0.25, -0.2) is 9.79 Å². The first kappa shape index (κ1) is 18.8. The Balaban J connectivity index is 1.81. The number of hydrogen-bond acceptors (Lipinski definition) is 4. The minimum absolute atomic E-state index is 0.170. The first-order valence-corrected chi connectivity index (χ1v) is 9.57. The number of anilines is 1. The fraction of sp³-hybridized carbons (Fsp3) is 0.222. The first-order valence-electron chi connectivity index (χ1n) is 8.00. The van der Waals surface area contributed by atoms with Gasteiger partial charge in [0.25, 0.3) is 0 Å². The summed E-state index contributed by atoms with van der Waals surface area (Å²) in [5.41, 5.74) is 2.57. The van der Waals surface area contributed by atoms with Gasteiger partial charge in [-0.3, -0.25) is 8.94 Å². The van der Waals surface area contributed by atoms with Crippen LogP contribution in [0.25, 0.3) is 0 Å². The first-order chi connectivity index (χ1) is 12.4. The number of halogens is 2. The van der Waals surface area contributed by atoms with Gasteiger partial charge in [-0.15, -0.1) is 0 Å². The fourth-order valence-electron chi connectivity index (χ4n) is 2.40. The number of benzene rings is 2. The molecule has 0 saturated carbocycles. The number of hydrogen-bond donors (Lipinski definition) is 1. The molecular formula is C18H18Cl2N4OS.